The molecule has 0 fully saturated rings. The Morgan fingerprint density at radius 2 is 1.81 bits per heavy atom. The summed E-state index contributed by atoms with van der Waals surface area (Å²) in [6.07, 6.45) is 0. The lowest BCUT2D eigenvalue weighted by atomic mass is 10.1. The molecular formula is C14H14BrClN2O2S. The standard InChI is InChI=1S/C14H14BrClN2O2S/c1-9(10-2-4-11(16)5-3-10)18-21(19,20)12-6-7-14(17)13(15)8-12/h2-9,18H,17H2,1H3. The number of hydrogen-bond donors (Lipinski definition) is 2. The molecule has 3 N–H and O–H groups in total. The van der Waals surface area contributed by atoms with E-state index in [1.54, 1.807) is 37.3 Å². The normalized spacial score (nSPS) is 13.1. The molecular weight excluding hydrogens is 376 g/mol. The molecule has 1 unspecified atom stereocenters. The maximum Gasteiger partial charge on any atom is 0.241 e. The highest BCUT2D eigenvalue weighted by atomic mass is 79.9. The highest BCUT2D eigenvalue weighted by Crippen LogP contribution is 2.24. The number of nitrogens with one attached hydrogen (secondary N) is 1. The lowest BCUT2D eigenvalue weighted by molar-refractivity contribution is 0.567. The minimum atomic E-state index is -3.63. The summed E-state index contributed by atoms with van der Waals surface area (Å²) in [6.45, 7) is 1.77. The second-order valence-electron chi connectivity index (χ2n) is 4.58. The maximum atomic E-state index is 12.3. The second-order valence-corrected chi connectivity index (χ2v) is 7.58. The number of sulfonamides is 1. The molecule has 112 valence electrons. The largest absolute Gasteiger partial charge is 0.398 e. The molecule has 2 rings (SSSR count). The summed E-state index contributed by atoms with van der Waals surface area (Å²) in [5, 5.41) is 0.608. The molecule has 2 aromatic carbocycles. The molecule has 1 atom stereocenters. The highest BCUT2D eigenvalue weighted by molar-refractivity contribution is 9.10. The summed E-state index contributed by atoms with van der Waals surface area (Å²) in [7, 11) is -3.63. The minimum absolute atomic E-state index is 0.157. The number of anilines is 1. The monoisotopic (exact) mass is 388 g/mol. The zero-order valence-electron chi connectivity index (χ0n) is 11.2. The Morgan fingerprint density at radius 1 is 1.19 bits per heavy atom. The van der Waals surface area contributed by atoms with Crippen molar-refractivity contribution in [1.29, 1.82) is 0 Å². The van der Waals surface area contributed by atoms with Crippen LogP contribution in [0.1, 0.15) is 18.5 Å². The Hall–Kier alpha value is -1.08. The van der Waals surface area contributed by atoms with E-state index in [-0.39, 0.29) is 10.9 Å². The minimum Gasteiger partial charge on any atom is -0.398 e. The van der Waals surface area contributed by atoms with E-state index in [2.05, 4.69) is 20.7 Å². The van der Waals surface area contributed by atoms with E-state index in [1.807, 2.05) is 0 Å². The third kappa shape index (κ3) is 3.97. The SMILES string of the molecule is CC(NS(=O)(=O)c1ccc(N)c(Br)c1)c1ccc(Cl)cc1. The molecule has 0 saturated heterocycles. The molecule has 0 heterocycles. The molecule has 2 aromatic rings. The van der Waals surface area contributed by atoms with E-state index >= 15 is 0 Å². The molecule has 21 heavy (non-hydrogen) atoms. The van der Waals surface area contributed by atoms with Gasteiger partial charge in [0.25, 0.3) is 0 Å². The van der Waals surface area contributed by atoms with Crippen LogP contribution in [-0.2, 0) is 10.0 Å². The van der Waals surface area contributed by atoms with Gasteiger partial charge in [-0.1, -0.05) is 23.7 Å². The van der Waals surface area contributed by atoms with Gasteiger partial charge in [-0.15, -0.1) is 0 Å². The van der Waals surface area contributed by atoms with E-state index < -0.39 is 10.0 Å². The van der Waals surface area contributed by atoms with Crippen molar-refractivity contribution in [2.24, 2.45) is 0 Å². The van der Waals surface area contributed by atoms with Crippen LogP contribution in [0.3, 0.4) is 0 Å². The maximum absolute atomic E-state index is 12.3. The molecule has 0 spiro atoms. The predicted octanol–water partition coefficient (Wildman–Crippen LogP) is 3.72. The van der Waals surface area contributed by atoms with Crippen molar-refractivity contribution in [3.8, 4) is 0 Å². The second kappa shape index (κ2) is 6.36. The summed E-state index contributed by atoms with van der Waals surface area (Å²) >= 11 is 9.05. The number of rotatable bonds is 4. The third-order valence-corrected chi connectivity index (χ3v) is 5.46. The first-order chi connectivity index (χ1) is 9.79. The van der Waals surface area contributed by atoms with Crippen molar-refractivity contribution in [3.63, 3.8) is 0 Å². The average molecular weight is 390 g/mol. The number of benzene rings is 2. The van der Waals surface area contributed by atoms with Gasteiger partial charge in [0, 0.05) is 21.2 Å². The predicted molar refractivity (Wildman–Crippen MR) is 88.7 cm³/mol. The van der Waals surface area contributed by atoms with Gasteiger partial charge < -0.3 is 5.73 Å². The molecule has 0 aliphatic carbocycles. The van der Waals surface area contributed by atoms with Crippen LogP contribution in [0.2, 0.25) is 5.02 Å². The summed E-state index contributed by atoms with van der Waals surface area (Å²) < 4.78 is 27.9. The van der Waals surface area contributed by atoms with E-state index in [0.717, 1.165) is 5.56 Å². The Morgan fingerprint density at radius 3 is 2.38 bits per heavy atom. The van der Waals surface area contributed by atoms with E-state index in [4.69, 9.17) is 17.3 Å². The van der Waals surface area contributed by atoms with Crippen molar-refractivity contribution in [3.05, 3.63) is 57.5 Å². The zero-order valence-corrected chi connectivity index (χ0v) is 14.3. The Kier molecular flexibility index (Phi) is 4.93. The third-order valence-electron chi connectivity index (χ3n) is 2.98. The van der Waals surface area contributed by atoms with E-state index in [9.17, 15) is 8.42 Å². The lowest BCUT2D eigenvalue weighted by Gasteiger charge is -2.15. The Labute approximate surface area is 137 Å². The number of hydrogen-bond acceptors (Lipinski definition) is 3. The van der Waals surface area contributed by atoms with Gasteiger partial charge in [-0.05, 0) is 58.7 Å². The Balaban J connectivity index is 2.24. The fraction of sp³-hybridized carbons (Fsp3) is 0.143. The van der Waals surface area contributed by atoms with Crippen LogP contribution in [0.15, 0.2) is 51.8 Å². The molecule has 0 aliphatic heterocycles. The fourth-order valence-corrected chi connectivity index (χ4v) is 3.71. The first-order valence-corrected chi connectivity index (χ1v) is 8.78. The first-order valence-electron chi connectivity index (χ1n) is 6.12. The summed E-state index contributed by atoms with van der Waals surface area (Å²) in [6, 6.07) is 11.1. The highest BCUT2D eigenvalue weighted by Gasteiger charge is 2.19. The summed E-state index contributed by atoms with van der Waals surface area (Å²) in [5.74, 6) is 0. The van der Waals surface area contributed by atoms with Crippen molar-refractivity contribution in [1.82, 2.24) is 4.72 Å². The van der Waals surface area contributed by atoms with Gasteiger partial charge in [-0.3, -0.25) is 0 Å². The molecule has 0 saturated carbocycles. The van der Waals surface area contributed by atoms with E-state index in [1.165, 1.54) is 12.1 Å². The smallest absolute Gasteiger partial charge is 0.241 e. The van der Waals surface area contributed by atoms with Gasteiger partial charge in [-0.2, -0.15) is 0 Å². The van der Waals surface area contributed by atoms with Crippen LogP contribution in [0.5, 0.6) is 0 Å². The van der Waals surface area contributed by atoms with Gasteiger partial charge in [0.05, 0.1) is 4.90 Å². The number of nitrogen functional groups attached to an aromatic ring is 1. The van der Waals surface area contributed by atoms with Gasteiger partial charge in [0.1, 0.15) is 0 Å². The van der Waals surface area contributed by atoms with Crippen LogP contribution >= 0.6 is 27.5 Å². The molecule has 0 radical (unpaired) electrons. The van der Waals surface area contributed by atoms with Crippen LogP contribution in [0.25, 0.3) is 0 Å². The van der Waals surface area contributed by atoms with Crippen LogP contribution in [0.4, 0.5) is 5.69 Å². The molecule has 4 nitrogen and oxygen atoms in total. The van der Waals surface area contributed by atoms with Crippen molar-refractivity contribution in [2.75, 3.05) is 5.73 Å². The van der Waals surface area contributed by atoms with Crippen molar-refractivity contribution < 1.29 is 8.42 Å². The summed E-state index contributed by atoms with van der Waals surface area (Å²) in [5.41, 5.74) is 6.98. The molecule has 0 aromatic heterocycles. The molecule has 0 amide bonds. The molecule has 0 bridgehead atoms. The Bertz CT molecular complexity index is 748. The van der Waals surface area contributed by atoms with E-state index in [0.29, 0.717) is 15.2 Å². The first kappa shape index (κ1) is 16.3. The fourth-order valence-electron chi connectivity index (χ4n) is 1.80. The lowest BCUT2D eigenvalue weighted by Crippen LogP contribution is -2.26. The molecule has 0 aliphatic rings. The molecule has 7 heteroatoms. The van der Waals surface area contributed by atoms with Gasteiger partial charge in [0.15, 0.2) is 0 Å². The van der Waals surface area contributed by atoms with Crippen molar-refractivity contribution >= 4 is 43.2 Å². The zero-order chi connectivity index (χ0) is 15.6. The van der Waals surface area contributed by atoms with Crippen molar-refractivity contribution in [2.45, 2.75) is 17.9 Å². The number of nitrogens with two attached hydrogens (primary N) is 1. The van der Waals surface area contributed by atoms with Gasteiger partial charge >= 0.3 is 0 Å². The average Bonchev–Trinajstić information content (AvgIpc) is 2.42. The number of halogens is 2. The van der Waals surface area contributed by atoms with Crippen LogP contribution in [-0.4, -0.2) is 8.42 Å². The quantitative estimate of drug-likeness (QED) is 0.783. The topological polar surface area (TPSA) is 72.2 Å². The van der Waals surface area contributed by atoms with Gasteiger partial charge in [0.2, 0.25) is 10.0 Å². The van der Waals surface area contributed by atoms with Crippen LogP contribution < -0.4 is 10.5 Å². The summed E-state index contributed by atoms with van der Waals surface area (Å²) in [4.78, 5) is 0.157. The van der Waals surface area contributed by atoms with Crippen LogP contribution in [0, 0.1) is 0 Å². The van der Waals surface area contributed by atoms with Gasteiger partial charge in [-0.25, -0.2) is 13.1 Å².